The van der Waals surface area contributed by atoms with Gasteiger partial charge in [0.15, 0.2) is 0 Å². The van der Waals surface area contributed by atoms with Crippen LogP contribution in [0.4, 0.5) is 0 Å². The van der Waals surface area contributed by atoms with E-state index < -0.39 is 0 Å². The van der Waals surface area contributed by atoms with Crippen molar-refractivity contribution in [1.29, 1.82) is 0 Å². The number of nitrogens with zero attached hydrogens (tertiary/aromatic N) is 1. The van der Waals surface area contributed by atoms with Gasteiger partial charge in [0.25, 0.3) is 0 Å². The Labute approximate surface area is 165 Å². The van der Waals surface area contributed by atoms with Gasteiger partial charge in [0, 0.05) is 34.6 Å². The zero-order chi connectivity index (χ0) is 18.5. The Kier molecular flexibility index (Phi) is 6.58. The van der Waals surface area contributed by atoms with Crippen molar-refractivity contribution in [2.75, 3.05) is 13.1 Å². The second-order valence-electron chi connectivity index (χ2n) is 6.95. The largest absolute Gasteiger partial charge is 0.352 e. The maximum Gasteiger partial charge on any atom is 0.223 e. The number of carbonyl (C=O) groups excluding carboxylic acids is 1. The zero-order valence-electron chi connectivity index (χ0n) is 15.0. The van der Waals surface area contributed by atoms with E-state index in [0.29, 0.717) is 16.6 Å². The minimum Gasteiger partial charge on any atom is -0.352 e. The van der Waals surface area contributed by atoms with Crippen LogP contribution in [0.3, 0.4) is 0 Å². The quantitative estimate of drug-likeness (QED) is 0.792. The lowest BCUT2D eigenvalue weighted by molar-refractivity contribution is -0.126. The molecule has 1 amide bonds. The van der Waals surface area contributed by atoms with Crippen LogP contribution in [0, 0.1) is 12.8 Å². The van der Waals surface area contributed by atoms with E-state index in [2.05, 4.69) is 41.4 Å². The first-order chi connectivity index (χ1) is 12.5. The first-order valence-corrected chi connectivity index (χ1v) is 9.77. The molecule has 1 saturated heterocycles. The van der Waals surface area contributed by atoms with Gasteiger partial charge in [-0.15, -0.1) is 0 Å². The Morgan fingerprint density at radius 2 is 1.69 bits per heavy atom. The Morgan fingerprint density at radius 3 is 2.31 bits per heavy atom. The highest BCUT2D eigenvalue weighted by molar-refractivity contribution is 6.35. The summed E-state index contributed by atoms with van der Waals surface area (Å²) in [5, 5.41) is 4.48. The van der Waals surface area contributed by atoms with Crippen LogP contribution in [0.2, 0.25) is 10.0 Å². The van der Waals surface area contributed by atoms with Gasteiger partial charge in [0.2, 0.25) is 5.91 Å². The monoisotopic (exact) mass is 390 g/mol. The number of piperidine rings is 1. The molecule has 3 rings (SSSR count). The van der Waals surface area contributed by atoms with E-state index in [-0.39, 0.29) is 11.8 Å². The maximum atomic E-state index is 12.4. The highest BCUT2D eigenvalue weighted by Crippen LogP contribution is 2.27. The van der Waals surface area contributed by atoms with Gasteiger partial charge in [0.1, 0.15) is 0 Å². The first kappa shape index (κ1) is 19.2. The molecule has 3 nitrogen and oxygen atoms in total. The fourth-order valence-corrected chi connectivity index (χ4v) is 3.82. The summed E-state index contributed by atoms with van der Waals surface area (Å²) >= 11 is 12.5. The Bertz CT molecular complexity index is 733. The van der Waals surface area contributed by atoms with Crippen molar-refractivity contribution in [2.45, 2.75) is 32.9 Å². The molecular formula is C21H24Cl2N2O. The molecule has 1 heterocycles. The number of amides is 1. The van der Waals surface area contributed by atoms with Crippen LogP contribution in [0.1, 0.15) is 29.5 Å². The lowest BCUT2D eigenvalue weighted by Crippen LogP contribution is -2.40. The van der Waals surface area contributed by atoms with Gasteiger partial charge in [-0.2, -0.15) is 0 Å². The van der Waals surface area contributed by atoms with Crippen LogP contribution >= 0.6 is 23.2 Å². The van der Waals surface area contributed by atoms with Gasteiger partial charge in [-0.1, -0.05) is 59.1 Å². The molecule has 0 unspecified atom stereocenters. The average molecular weight is 391 g/mol. The van der Waals surface area contributed by atoms with Crippen molar-refractivity contribution in [2.24, 2.45) is 5.92 Å². The minimum absolute atomic E-state index is 0.0819. The number of halogens is 2. The van der Waals surface area contributed by atoms with E-state index in [4.69, 9.17) is 23.2 Å². The summed E-state index contributed by atoms with van der Waals surface area (Å²) in [4.78, 5) is 14.8. The molecule has 0 radical (unpaired) electrons. The van der Waals surface area contributed by atoms with E-state index in [9.17, 15) is 4.79 Å². The van der Waals surface area contributed by atoms with E-state index in [1.807, 2.05) is 18.2 Å². The summed E-state index contributed by atoms with van der Waals surface area (Å²) in [5.74, 6) is 0.236. The molecule has 2 aromatic carbocycles. The van der Waals surface area contributed by atoms with Crippen molar-refractivity contribution >= 4 is 29.1 Å². The molecule has 0 aliphatic carbocycles. The number of likely N-dealkylation sites (tertiary alicyclic amines) is 1. The molecule has 138 valence electrons. The van der Waals surface area contributed by atoms with Gasteiger partial charge >= 0.3 is 0 Å². The topological polar surface area (TPSA) is 32.3 Å². The second kappa shape index (κ2) is 8.90. The molecule has 1 aliphatic heterocycles. The molecule has 1 N–H and O–H groups in total. The number of aryl methyl sites for hydroxylation is 1. The lowest BCUT2D eigenvalue weighted by Gasteiger charge is -2.31. The molecule has 0 bridgehead atoms. The molecule has 0 saturated carbocycles. The van der Waals surface area contributed by atoms with Gasteiger partial charge in [-0.3, -0.25) is 9.69 Å². The molecule has 0 spiro atoms. The van der Waals surface area contributed by atoms with Crippen LogP contribution < -0.4 is 5.32 Å². The Morgan fingerprint density at radius 1 is 1.08 bits per heavy atom. The number of hydrogen-bond donors (Lipinski definition) is 1. The fraction of sp³-hybridized carbons (Fsp3) is 0.381. The third-order valence-electron chi connectivity index (χ3n) is 4.99. The van der Waals surface area contributed by atoms with Crippen molar-refractivity contribution in [1.82, 2.24) is 10.2 Å². The fourth-order valence-electron chi connectivity index (χ4n) is 3.30. The summed E-state index contributed by atoms with van der Waals surface area (Å²) in [5.41, 5.74) is 3.33. The summed E-state index contributed by atoms with van der Waals surface area (Å²) in [7, 11) is 0. The van der Waals surface area contributed by atoms with Gasteiger partial charge in [-0.25, -0.2) is 0 Å². The SMILES string of the molecule is Cc1ccc(CNC(=O)C2CCN(Cc3c(Cl)cccc3Cl)CC2)cc1. The number of hydrogen-bond acceptors (Lipinski definition) is 2. The number of nitrogens with one attached hydrogen (secondary N) is 1. The average Bonchev–Trinajstić information content (AvgIpc) is 2.65. The molecule has 2 aromatic rings. The Hall–Kier alpha value is -1.55. The summed E-state index contributed by atoms with van der Waals surface area (Å²) in [6.45, 7) is 5.14. The lowest BCUT2D eigenvalue weighted by atomic mass is 9.95. The molecule has 0 aromatic heterocycles. The molecule has 0 atom stereocenters. The predicted molar refractivity (Wildman–Crippen MR) is 107 cm³/mol. The number of carbonyl (C=O) groups is 1. The molecule has 26 heavy (non-hydrogen) atoms. The molecular weight excluding hydrogens is 367 g/mol. The van der Waals surface area contributed by atoms with Crippen LogP contribution in [0.15, 0.2) is 42.5 Å². The van der Waals surface area contributed by atoms with E-state index in [0.717, 1.165) is 43.6 Å². The van der Waals surface area contributed by atoms with E-state index in [1.165, 1.54) is 5.56 Å². The summed E-state index contributed by atoms with van der Waals surface area (Å²) < 4.78 is 0. The minimum atomic E-state index is 0.0819. The molecule has 1 fully saturated rings. The summed E-state index contributed by atoms with van der Waals surface area (Å²) in [6, 6.07) is 13.9. The van der Waals surface area contributed by atoms with E-state index in [1.54, 1.807) is 0 Å². The highest BCUT2D eigenvalue weighted by Gasteiger charge is 2.25. The number of benzene rings is 2. The van der Waals surface area contributed by atoms with Crippen LogP contribution in [0.25, 0.3) is 0 Å². The van der Waals surface area contributed by atoms with Crippen molar-refractivity contribution < 1.29 is 4.79 Å². The third kappa shape index (κ3) is 5.00. The first-order valence-electron chi connectivity index (χ1n) is 9.01. The third-order valence-corrected chi connectivity index (χ3v) is 5.70. The Balaban J connectivity index is 1.47. The zero-order valence-corrected chi connectivity index (χ0v) is 16.5. The smallest absolute Gasteiger partial charge is 0.223 e. The van der Waals surface area contributed by atoms with Crippen molar-refractivity contribution in [3.8, 4) is 0 Å². The van der Waals surface area contributed by atoms with Crippen LogP contribution in [-0.2, 0) is 17.9 Å². The van der Waals surface area contributed by atoms with Crippen LogP contribution in [-0.4, -0.2) is 23.9 Å². The molecule has 5 heteroatoms. The number of rotatable bonds is 5. The van der Waals surface area contributed by atoms with Gasteiger partial charge in [0.05, 0.1) is 0 Å². The summed E-state index contributed by atoms with van der Waals surface area (Å²) in [6.07, 6.45) is 1.73. The second-order valence-corrected chi connectivity index (χ2v) is 7.77. The van der Waals surface area contributed by atoms with Crippen LogP contribution in [0.5, 0.6) is 0 Å². The van der Waals surface area contributed by atoms with E-state index >= 15 is 0 Å². The normalized spacial score (nSPS) is 15.8. The predicted octanol–water partition coefficient (Wildman–Crippen LogP) is 4.83. The van der Waals surface area contributed by atoms with Crippen molar-refractivity contribution in [3.63, 3.8) is 0 Å². The molecule has 1 aliphatic rings. The highest BCUT2D eigenvalue weighted by atomic mass is 35.5. The van der Waals surface area contributed by atoms with Crippen molar-refractivity contribution in [3.05, 3.63) is 69.2 Å². The van der Waals surface area contributed by atoms with Gasteiger partial charge in [-0.05, 0) is 50.6 Å². The standard InChI is InChI=1S/C21H24Cl2N2O/c1-15-5-7-16(8-6-15)13-24-21(26)17-9-11-25(12-10-17)14-18-19(22)3-2-4-20(18)23/h2-8,17H,9-14H2,1H3,(H,24,26). The van der Waals surface area contributed by atoms with Gasteiger partial charge < -0.3 is 5.32 Å². The maximum absolute atomic E-state index is 12.4.